The van der Waals surface area contributed by atoms with Crippen molar-refractivity contribution in [2.75, 3.05) is 0 Å². The highest BCUT2D eigenvalue weighted by Crippen LogP contribution is 2.40. The Morgan fingerprint density at radius 3 is 1.38 bits per heavy atom. The van der Waals surface area contributed by atoms with Crippen LogP contribution in [0.5, 0.6) is 0 Å². The molecule has 0 aliphatic heterocycles. The van der Waals surface area contributed by atoms with Crippen molar-refractivity contribution in [3.63, 3.8) is 0 Å². The number of aromatic nitrogens is 3. The molecule has 0 atom stereocenters. The molecule has 0 spiro atoms. The molecule has 0 unspecified atom stereocenters. The Balaban J connectivity index is 1.06. The summed E-state index contributed by atoms with van der Waals surface area (Å²) in [6, 6.07) is 66.3. The van der Waals surface area contributed by atoms with Gasteiger partial charge in [0, 0.05) is 36.9 Å². The summed E-state index contributed by atoms with van der Waals surface area (Å²) in [4.78, 5) is 15.2. The molecule has 8 aromatic carbocycles. The molecule has 2 aromatic heterocycles. The Morgan fingerprint density at radius 2 is 0.717 bits per heavy atom. The standard InChI is InChI=1S/C49H31N3S/c1-2-10-32(11-3-1)33-20-26-37(27-21-33)47-50-48(38-28-22-35(23-29-38)41-16-8-13-34-12-4-5-14-40(34)41)52-49(51-47)39-30-24-36(25-31-39)42-17-9-19-45-46(42)43-15-6-7-18-44(43)53-45/h1-31H. The first-order valence-corrected chi connectivity index (χ1v) is 18.6. The number of benzene rings is 8. The molecule has 3 nitrogen and oxygen atoms in total. The second-order valence-electron chi connectivity index (χ2n) is 13.2. The van der Waals surface area contributed by atoms with E-state index in [0.29, 0.717) is 17.5 Å². The van der Waals surface area contributed by atoms with Gasteiger partial charge < -0.3 is 0 Å². The van der Waals surface area contributed by atoms with E-state index < -0.39 is 0 Å². The summed E-state index contributed by atoms with van der Waals surface area (Å²) in [5, 5.41) is 5.06. The lowest BCUT2D eigenvalue weighted by molar-refractivity contribution is 1.07. The highest BCUT2D eigenvalue weighted by molar-refractivity contribution is 7.25. The Bertz CT molecular complexity index is 2910. The van der Waals surface area contributed by atoms with Crippen LogP contribution in [0.15, 0.2) is 188 Å². The highest BCUT2D eigenvalue weighted by Gasteiger charge is 2.15. The lowest BCUT2D eigenvalue weighted by atomic mass is 9.97. The number of thiophene rings is 1. The maximum atomic E-state index is 5.08. The zero-order valence-electron chi connectivity index (χ0n) is 28.6. The predicted octanol–water partition coefficient (Wildman–Crippen LogP) is 13.4. The minimum absolute atomic E-state index is 0.639. The number of fused-ring (bicyclic) bond motifs is 4. The van der Waals surface area contributed by atoms with Gasteiger partial charge in [0.05, 0.1) is 0 Å². The fraction of sp³-hybridized carbons (Fsp3) is 0. The van der Waals surface area contributed by atoms with Crippen LogP contribution in [0.1, 0.15) is 0 Å². The van der Waals surface area contributed by atoms with Gasteiger partial charge in [-0.2, -0.15) is 0 Å². The van der Waals surface area contributed by atoms with Gasteiger partial charge in [0.2, 0.25) is 0 Å². The normalized spacial score (nSPS) is 11.4. The zero-order valence-corrected chi connectivity index (χ0v) is 29.5. The summed E-state index contributed by atoms with van der Waals surface area (Å²) in [7, 11) is 0. The maximum absolute atomic E-state index is 5.08. The van der Waals surface area contributed by atoms with Gasteiger partial charge in [-0.15, -0.1) is 11.3 Å². The zero-order chi connectivity index (χ0) is 35.1. The minimum atomic E-state index is 0.639. The molecule has 0 radical (unpaired) electrons. The molecule has 0 saturated heterocycles. The van der Waals surface area contributed by atoms with E-state index in [4.69, 9.17) is 15.0 Å². The lowest BCUT2D eigenvalue weighted by Crippen LogP contribution is -2.00. The molecule has 2 heterocycles. The SMILES string of the molecule is c1ccc(-c2ccc(-c3nc(-c4ccc(-c5cccc6ccccc56)cc4)nc(-c4ccc(-c5cccc6sc7ccccc7c56)cc4)n3)cc2)cc1. The molecule has 0 bridgehead atoms. The first-order chi connectivity index (χ1) is 26.2. The van der Waals surface area contributed by atoms with Crippen molar-refractivity contribution >= 4 is 42.3 Å². The first kappa shape index (κ1) is 31.0. The summed E-state index contributed by atoms with van der Waals surface area (Å²) in [6.07, 6.45) is 0. The van der Waals surface area contributed by atoms with Crippen LogP contribution in [0.25, 0.3) is 98.5 Å². The molecule has 53 heavy (non-hydrogen) atoms. The van der Waals surface area contributed by atoms with E-state index in [1.165, 1.54) is 47.6 Å². The Kier molecular flexibility index (Phi) is 7.67. The van der Waals surface area contributed by atoms with Crippen LogP contribution in [-0.2, 0) is 0 Å². The number of nitrogens with zero attached hydrogens (tertiary/aromatic N) is 3. The van der Waals surface area contributed by atoms with Crippen molar-refractivity contribution in [1.29, 1.82) is 0 Å². The first-order valence-electron chi connectivity index (χ1n) is 17.8. The fourth-order valence-corrected chi connectivity index (χ4v) is 8.43. The average Bonchev–Trinajstić information content (AvgIpc) is 3.63. The van der Waals surface area contributed by atoms with Crippen LogP contribution < -0.4 is 0 Å². The van der Waals surface area contributed by atoms with Crippen LogP contribution >= 0.6 is 11.3 Å². The number of hydrogen-bond donors (Lipinski definition) is 0. The van der Waals surface area contributed by atoms with Crippen molar-refractivity contribution in [2.45, 2.75) is 0 Å². The van der Waals surface area contributed by atoms with Crippen LogP contribution in [-0.4, -0.2) is 15.0 Å². The van der Waals surface area contributed by atoms with Crippen molar-refractivity contribution in [2.24, 2.45) is 0 Å². The molecule has 0 saturated carbocycles. The van der Waals surface area contributed by atoms with E-state index in [2.05, 4.69) is 182 Å². The van der Waals surface area contributed by atoms with Gasteiger partial charge in [0.25, 0.3) is 0 Å². The van der Waals surface area contributed by atoms with Gasteiger partial charge >= 0.3 is 0 Å². The lowest BCUT2D eigenvalue weighted by Gasteiger charge is -2.11. The van der Waals surface area contributed by atoms with Crippen LogP contribution in [0.3, 0.4) is 0 Å². The summed E-state index contributed by atoms with van der Waals surface area (Å²) in [6.45, 7) is 0. The smallest absolute Gasteiger partial charge is 0.164 e. The summed E-state index contributed by atoms with van der Waals surface area (Å²) in [5.74, 6) is 1.92. The molecule has 0 aliphatic carbocycles. The third-order valence-corrected chi connectivity index (χ3v) is 11.1. The van der Waals surface area contributed by atoms with E-state index in [1.807, 2.05) is 17.4 Å². The Morgan fingerprint density at radius 1 is 0.283 bits per heavy atom. The molecule has 248 valence electrons. The van der Waals surface area contributed by atoms with E-state index in [-0.39, 0.29) is 0 Å². The monoisotopic (exact) mass is 693 g/mol. The molecule has 0 N–H and O–H groups in total. The highest BCUT2D eigenvalue weighted by atomic mass is 32.1. The molecule has 0 fully saturated rings. The maximum Gasteiger partial charge on any atom is 0.164 e. The number of rotatable bonds is 6. The van der Waals surface area contributed by atoms with Gasteiger partial charge in [0.1, 0.15) is 0 Å². The summed E-state index contributed by atoms with van der Waals surface area (Å²) >= 11 is 1.84. The third-order valence-electron chi connectivity index (χ3n) is 9.99. The predicted molar refractivity (Wildman–Crippen MR) is 223 cm³/mol. The molecule has 0 amide bonds. The summed E-state index contributed by atoms with van der Waals surface area (Å²) < 4.78 is 2.60. The third kappa shape index (κ3) is 5.76. The Hall–Kier alpha value is -6.75. The van der Waals surface area contributed by atoms with Gasteiger partial charge in [-0.1, -0.05) is 176 Å². The molecular weight excluding hydrogens is 663 g/mol. The second-order valence-corrected chi connectivity index (χ2v) is 14.3. The molecule has 10 rings (SSSR count). The van der Waals surface area contributed by atoms with Gasteiger partial charge in [0.15, 0.2) is 17.5 Å². The van der Waals surface area contributed by atoms with Crippen LogP contribution in [0.4, 0.5) is 0 Å². The molecule has 10 aromatic rings. The van der Waals surface area contributed by atoms with E-state index in [1.54, 1.807) is 0 Å². The minimum Gasteiger partial charge on any atom is -0.208 e. The molecule has 0 aliphatic rings. The Labute approximate surface area is 311 Å². The van der Waals surface area contributed by atoms with Crippen molar-refractivity contribution in [3.05, 3.63) is 188 Å². The largest absolute Gasteiger partial charge is 0.208 e. The number of hydrogen-bond acceptors (Lipinski definition) is 4. The fourth-order valence-electron chi connectivity index (χ4n) is 7.30. The quantitative estimate of drug-likeness (QED) is 0.174. The van der Waals surface area contributed by atoms with Crippen molar-refractivity contribution < 1.29 is 0 Å². The van der Waals surface area contributed by atoms with Gasteiger partial charge in [-0.25, -0.2) is 15.0 Å². The van der Waals surface area contributed by atoms with Crippen molar-refractivity contribution in [3.8, 4) is 67.5 Å². The average molecular weight is 694 g/mol. The summed E-state index contributed by atoms with van der Waals surface area (Å²) in [5.41, 5.74) is 9.89. The topological polar surface area (TPSA) is 38.7 Å². The van der Waals surface area contributed by atoms with Crippen LogP contribution in [0.2, 0.25) is 0 Å². The van der Waals surface area contributed by atoms with E-state index in [0.717, 1.165) is 33.4 Å². The molecular formula is C49H31N3S. The van der Waals surface area contributed by atoms with Crippen LogP contribution in [0, 0.1) is 0 Å². The molecule has 4 heteroatoms. The van der Waals surface area contributed by atoms with Gasteiger partial charge in [-0.05, 0) is 56.3 Å². The van der Waals surface area contributed by atoms with Gasteiger partial charge in [-0.3, -0.25) is 0 Å². The van der Waals surface area contributed by atoms with Crippen molar-refractivity contribution in [1.82, 2.24) is 15.0 Å². The second kappa shape index (κ2) is 13.1. The van der Waals surface area contributed by atoms with E-state index >= 15 is 0 Å². The van der Waals surface area contributed by atoms with E-state index in [9.17, 15) is 0 Å².